The molecule has 0 amide bonds. The van der Waals surface area contributed by atoms with Crippen LogP contribution in [-0.4, -0.2) is 24.4 Å². The van der Waals surface area contributed by atoms with E-state index >= 15 is 0 Å². The van der Waals surface area contributed by atoms with Gasteiger partial charge in [-0.3, -0.25) is 0 Å². The molecule has 1 heterocycles. The monoisotopic (exact) mass is 348 g/mol. The summed E-state index contributed by atoms with van der Waals surface area (Å²) in [6.07, 6.45) is 0.524. The molecule has 0 spiro atoms. The van der Waals surface area contributed by atoms with Crippen LogP contribution in [0.4, 0.5) is 0 Å². The third kappa shape index (κ3) is 3.06. The summed E-state index contributed by atoms with van der Waals surface area (Å²) in [5.41, 5.74) is 2.17. The van der Waals surface area contributed by atoms with Crippen molar-refractivity contribution in [2.24, 2.45) is 0 Å². The Labute approximate surface area is 132 Å². The number of benzene rings is 2. The van der Waals surface area contributed by atoms with Gasteiger partial charge in [-0.25, -0.2) is 0 Å². The number of hydrogen-bond acceptors (Lipinski definition) is 3. The molecule has 3 nitrogen and oxygen atoms in total. The molecule has 2 unspecified atom stereocenters. The van der Waals surface area contributed by atoms with Crippen LogP contribution >= 0.6 is 15.9 Å². The number of hydrogen-bond donors (Lipinski definition) is 1. The summed E-state index contributed by atoms with van der Waals surface area (Å²) in [7, 11) is 1.64. The van der Waals surface area contributed by atoms with E-state index in [0.29, 0.717) is 6.42 Å². The molecule has 1 aliphatic rings. The number of methoxy groups -OCH3 is 1. The highest BCUT2D eigenvalue weighted by Crippen LogP contribution is 2.31. The molecular formula is C17H17BrO3. The summed E-state index contributed by atoms with van der Waals surface area (Å²) < 4.78 is 12.0. The third-order valence-electron chi connectivity index (χ3n) is 3.78. The smallest absolute Gasteiger partial charge is 0.129 e. The lowest BCUT2D eigenvalue weighted by molar-refractivity contribution is 0.0501. The fourth-order valence-corrected chi connectivity index (χ4v) is 3.02. The van der Waals surface area contributed by atoms with Crippen LogP contribution in [0, 0.1) is 0 Å². The average molecular weight is 349 g/mol. The van der Waals surface area contributed by atoms with E-state index in [1.165, 1.54) is 0 Å². The zero-order chi connectivity index (χ0) is 14.8. The summed E-state index contributed by atoms with van der Waals surface area (Å²) in [4.78, 5) is 0. The number of aliphatic hydroxyl groups excluding tert-OH is 1. The Morgan fingerprint density at radius 1 is 1.33 bits per heavy atom. The Hall–Kier alpha value is -1.52. The molecule has 0 saturated carbocycles. The van der Waals surface area contributed by atoms with Gasteiger partial charge in [-0.05, 0) is 35.4 Å². The van der Waals surface area contributed by atoms with E-state index in [4.69, 9.17) is 9.47 Å². The van der Waals surface area contributed by atoms with E-state index in [0.717, 1.165) is 33.5 Å². The van der Waals surface area contributed by atoms with Crippen molar-refractivity contribution >= 4 is 15.9 Å². The quantitative estimate of drug-likeness (QED) is 0.920. The van der Waals surface area contributed by atoms with Crippen LogP contribution in [0.5, 0.6) is 11.5 Å². The maximum atomic E-state index is 10.5. The Bertz CT molecular complexity index is 617. The van der Waals surface area contributed by atoms with Crippen molar-refractivity contribution < 1.29 is 14.6 Å². The van der Waals surface area contributed by atoms with Crippen LogP contribution in [0.2, 0.25) is 0 Å². The second-order valence-electron chi connectivity index (χ2n) is 5.20. The first-order valence-corrected chi connectivity index (χ1v) is 7.71. The zero-order valence-corrected chi connectivity index (χ0v) is 13.3. The second kappa shape index (κ2) is 6.08. The molecule has 0 aliphatic carbocycles. The van der Waals surface area contributed by atoms with Gasteiger partial charge in [0.2, 0.25) is 0 Å². The lowest BCUT2D eigenvalue weighted by Crippen LogP contribution is -2.32. The molecule has 2 aromatic carbocycles. The van der Waals surface area contributed by atoms with E-state index in [9.17, 15) is 5.11 Å². The molecule has 3 rings (SSSR count). The van der Waals surface area contributed by atoms with Crippen molar-refractivity contribution in [1.29, 1.82) is 0 Å². The zero-order valence-electron chi connectivity index (χ0n) is 11.8. The second-order valence-corrected chi connectivity index (χ2v) is 6.05. The van der Waals surface area contributed by atoms with Gasteiger partial charge in [-0.1, -0.05) is 34.1 Å². The van der Waals surface area contributed by atoms with Crippen LogP contribution < -0.4 is 9.47 Å². The van der Waals surface area contributed by atoms with Crippen molar-refractivity contribution in [3.63, 3.8) is 0 Å². The Balaban J connectivity index is 1.72. The third-order valence-corrected chi connectivity index (χ3v) is 4.56. The lowest BCUT2D eigenvalue weighted by Gasteiger charge is -2.19. The van der Waals surface area contributed by atoms with Gasteiger partial charge in [-0.2, -0.15) is 0 Å². The van der Waals surface area contributed by atoms with E-state index in [1.807, 2.05) is 42.5 Å². The Kier molecular flexibility index (Phi) is 4.17. The van der Waals surface area contributed by atoms with Gasteiger partial charge in [0.15, 0.2) is 0 Å². The Morgan fingerprint density at radius 2 is 2.14 bits per heavy atom. The molecular weight excluding hydrogens is 332 g/mol. The van der Waals surface area contributed by atoms with Crippen LogP contribution in [0.1, 0.15) is 11.1 Å². The number of aliphatic hydroxyl groups is 1. The first-order valence-electron chi connectivity index (χ1n) is 6.92. The highest BCUT2D eigenvalue weighted by Gasteiger charge is 2.29. The topological polar surface area (TPSA) is 38.7 Å². The average Bonchev–Trinajstić information content (AvgIpc) is 2.93. The first kappa shape index (κ1) is 14.4. The minimum Gasteiger partial charge on any atom is -0.497 e. The van der Waals surface area contributed by atoms with Crippen LogP contribution in [0.3, 0.4) is 0 Å². The first-order chi connectivity index (χ1) is 10.2. The molecule has 0 fully saturated rings. The summed E-state index contributed by atoms with van der Waals surface area (Å²) in [6.45, 7) is 0. The summed E-state index contributed by atoms with van der Waals surface area (Å²) in [6, 6.07) is 13.7. The van der Waals surface area contributed by atoms with E-state index in [2.05, 4.69) is 15.9 Å². The molecule has 4 heteroatoms. The minimum atomic E-state index is -0.555. The van der Waals surface area contributed by atoms with E-state index in [1.54, 1.807) is 7.11 Å². The summed E-state index contributed by atoms with van der Waals surface area (Å²) in [5, 5.41) is 10.5. The maximum Gasteiger partial charge on any atom is 0.129 e. The fraction of sp³-hybridized carbons (Fsp3) is 0.294. The molecule has 0 saturated heterocycles. The molecule has 0 radical (unpaired) electrons. The highest BCUT2D eigenvalue weighted by atomic mass is 79.9. The lowest BCUT2D eigenvalue weighted by atomic mass is 10.00. The number of fused-ring (bicyclic) bond motifs is 1. The molecule has 2 atom stereocenters. The summed E-state index contributed by atoms with van der Waals surface area (Å²) >= 11 is 3.52. The molecule has 1 N–H and O–H groups in total. The molecule has 110 valence electrons. The van der Waals surface area contributed by atoms with E-state index < -0.39 is 6.10 Å². The largest absolute Gasteiger partial charge is 0.497 e. The van der Waals surface area contributed by atoms with Crippen molar-refractivity contribution in [2.75, 3.05) is 7.11 Å². The van der Waals surface area contributed by atoms with Gasteiger partial charge in [0.05, 0.1) is 13.2 Å². The van der Waals surface area contributed by atoms with Gasteiger partial charge >= 0.3 is 0 Å². The van der Waals surface area contributed by atoms with Crippen LogP contribution in [-0.2, 0) is 12.8 Å². The van der Waals surface area contributed by atoms with Crippen molar-refractivity contribution in [3.05, 3.63) is 58.1 Å². The summed E-state index contributed by atoms with van der Waals surface area (Å²) in [5.74, 6) is 1.67. The normalized spacial score (nSPS) is 18.0. The standard InChI is InChI=1S/C17H17BrO3/c1-20-13-6-7-14(18)12(8-13)9-15(19)17-10-11-4-2-3-5-16(11)21-17/h2-8,15,17,19H,9-10H2,1H3. The minimum absolute atomic E-state index is 0.194. The van der Waals surface area contributed by atoms with Crippen LogP contribution in [0.15, 0.2) is 46.9 Å². The molecule has 0 bridgehead atoms. The van der Waals surface area contributed by atoms with Crippen LogP contribution in [0.25, 0.3) is 0 Å². The van der Waals surface area contributed by atoms with Gasteiger partial charge in [0.25, 0.3) is 0 Å². The number of ether oxygens (including phenoxy) is 2. The number of para-hydroxylation sites is 1. The van der Waals surface area contributed by atoms with Gasteiger partial charge in [0, 0.05) is 17.3 Å². The molecule has 0 aromatic heterocycles. The molecule has 2 aromatic rings. The predicted octanol–water partition coefficient (Wildman–Crippen LogP) is 3.36. The predicted molar refractivity (Wildman–Crippen MR) is 85.0 cm³/mol. The Morgan fingerprint density at radius 3 is 2.90 bits per heavy atom. The molecule has 1 aliphatic heterocycles. The van der Waals surface area contributed by atoms with Gasteiger partial charge in [0.1, 0.15) is 17.6 Å². The van der Waals surface area contributed by atoms with Crippen molar-refractivity contribution in [2.45, 2.75) is 25.0 Å². The molecule has 21 heavy (non-hydrogen) atoms. The van der Waals surface area contributed by atoms with Gasteiger partial charge in [-0.15, -0.1) is 0 Å². The number of rotatable bonds is 4. The van der Waals surface area contributed by atoms with Crippen molar-refractivity contribution in [1.82, 2.24) is 0 Å². The SMILES string of the molecule is COc1ccc(Br)c(CC(O)C2Cc3ccccc3O2)c1. The highest BCUT2D eigenvalue weighted by molar-refractivity contribution is 9.10. The van der Waals surface area contributed by atoms with Gasteiger partial charge < -0.3 is 14.6 Å². The van der Waals surface area contributed by atoms with Crippen molar-refractivity contribution in [3.8, 4) is 11.5 Å². The van der Waals surface area contributed by atoms with E-state index in [-0.39, 0.29) is 6.10 Å². The fourth-order valence-electron chi connectivity index (χ4n) is 2.61. The number of halogens is 1. The maximum absolute atomic E-state index is 10.5.